The molecule has 3 heteroatoms. The van der Waals surface area contributed by atoms with Gasteiger partial charge in [-0.25, -0.2) is 0 Å². The van der Waals surface area contributed by atoms with Crippen molar-refractivity contribution in [3.8, 4) is 0 Å². The largest absolute Gasteiger partial charge is 0.316 e. The third kappa shape index (κ3) is 1.12. The van der Waals surface area contributed by atoms with E-state index < -0.39 is 0 Å². The molecule has 14 heavy (non-hydrogen) atoms. The Labute approximate surface area is 83.6 Å². The molecule has 0 spiro atoms. The monoisotopic (exact) mass is 189 g/mol. The average Bonchev–Trinajstić information content (AvgIpc) is 2.75. The smallest absolute Gasteiger partial charge is 0.0565 e. The molecule has 0 saturated carbocycles. The van der Waals surface area contributed by atoms with E-state index in [1.807, 2.05) is 6.20 Å². The average molecular weight is 189 g/mol. The van der Waals surface area contributed by atoms with Gasteiger partial charge in [-0.15, -0.1) is 0 Å². The Morgan fingerprint density at radius 1 is 1.43 bits per heavy atom. The fourth-order valence-electron chi connectivity index (χ4n) is 2.66. The molecule has 2 atom stereocenters. The van der Waals surface area contributed by atoms with Crippen LogP contribution in [0.2, 0.25) is 0 Å². The second-order valence-corrected chi connectivity index (χ2v) is 4.39. The maximum atomic E-state index is 4.08. The summed E-state index contributed by atoms with van der Waals surface area (Å²) in [6.45, 7) is 4.43. The minimum Gasteiger partial charge on any atom is -0.316 e. The van der Waals surface area contributed by atoms with Crippen LogP contribution in [0.1, 0.15) is 17.7 Å². The number of H-pyrrole nitrogens is 1. The third-order valence-corrected chi connectivity index (χ3v) is 3.47. The summed E-state index contributed by atoms with van der Waals surface area (Å²) in [5, 5.41) is 10.5. The van der Waals surface area contributed by atoms with Gasteiger partial charge in [-0.3, -0.25) is 5.10 Å². The van der Waals surface area contributed by atoms with Gasteiger partial charge in [-0.2, -0.15) is 5.10 Å². The van der Waals surface area contributed by atoms with E-state index in [-0.39, 0.29) is 0 Å². The van der Waals surface area contributed by atoms with Crippen LogP contribution in [0.3, 0.4) is 0 Å². The molecular formula is C11H15N3. The first-order chi connectivity index (χ1) is 6.84. The van der Waals surface area contributed by atoms with Crippen molar-refractivity contribution in [2.24, 2.45) is 11.8 Å². The second-order valence-electron chi connectivity index (χ2n) is 4.39. The first kappa shape index (κ1) is 8.24. The number of nitrogens with one attached hydrogen (secondary N) is 2. The molecule has 3 rings (SSSR count). The van der Waals surface area contributed by atoms with Crippen LogP contribution in [0.25, 0.3) is 5.57 Å². The van der Waals surface area contributed by atoms with Gasteiger partial charge in [-0.1, -0.05) is 6.08 Å². The summed E-state index contributed by atoms with van der Waals surface area (Å²) < 4.78 is 0. The predicted molar refractivity (Wildman–Crippen MR) is 55.8 cm³/mol. The van der Waals surface area contributed by atoms with Gasteiger partial charge >= 0.3 is 0 Å². The van der Waals surface area contributed by atoms with E-state index in [4.69, 9.17) is 0 Å². The highest BCUT2D eigenvalue weighted by Gasteiger charge is 2.32. The quantitative estimate of drug-likeness (QED) is 0.700. The molecule has 1 aromatic rings. The molecule has 3 nitrogen and oxygen atoms in total. The molecule has 1 aromatic heterocycles. The number of allylic oxidation sites excluding steroid dienone is 1. The Bertz CT molecular complexity index is 378. The summed E-state index contributed by atoms with van der Waals surface area (Å²) >= 11 is 0. The van der Waals surface area contributed by atoms with Crippen molar-refractivity contribution in [3.05, 3.63) is 23.5 Å². The molecule has 1 saturated heterocycles. The van der Waals surface area contributed by atoms with Gasteiger partial charge in [-0.05, 0) is 37.3 Å². The number of aromatic amines is 1. The topological polar surface area (TPSA) is 40.7 Å². The summed E-state index contributed by atoms with van der Waals surface area (Å²) in [7, 11) is 0. The van der Waals surface area contributed by atoms with E-state index in [0.717, 1.165) is 18.4 Å². The van der Waals surface area contributed by atoms with Crippen molar-refractivity contribution in [1.29, 1.82) is 0 Å². The summed E-state index contributed by atoms with van der Waals surface area (Å²) in [6.07, 6.45) is 5.61. The zero-order chi connectivity index (χ0) is 9.54. The van der Waals surface area contributed by atoms with Gasteiger partial charge in [0.1, 0.15) is 0 Å². The predicted octanol–water partition coefficient (Wildman–Crippen LogP) is 1.34. The first-order valence-electron chi connectivity index (χ1n) is 5.26. The number of fused-ring (bicyclic) bond motifs is 1. The number of rotatable bonds is 1. The van der Waals surface area contributed by atoms with Gasteiger partial charge in [0.05, 0.1) is 6.20 Å². The fourth-order valence-corrected chi connectivity index (χ4v) is 2.66. The summed E-state index contributed by atoms with van der Waals surface area (Å²) in [5.74, 6) is 1.60. The standard InChI is InChI=1S/C11H15N3/c1-7-11(6-13-14-7)8-2-9-4-12-5-10(9)3-8/h2,6,9-10,12H,3-5H2,1H3,(H,13,14). The Morgan fingerprint density at radius 3 is 3.07 bits per heavy atom. The number of nitrogens with zero attached hydrogens (tertiary/aromatic N) is 1. The molecule has 0 bridgehead atoms. The lowest BCUT2D eigenvalue weighted by Gasteiger charge is -2.05. The number of aryl methyl sites for hydroxylation is 1. The molecule has 1 aliphatic heterocycles. The second kappa shape index (κ2) is 2.95. The van der Waals surface area contributed by atoms with Crippen LogP contribution in [0.4, 0.5) is 0 Å². The molecular weight excluding hydrogens is 174 g/mol. The highest BCUT2D eigenvalue weighted by Crippen LogP contribution is 2.38. The highest BCUT2D eigenvalue weighted by atomic mass is 15.1. The first-order valence-corrected chi connectivity index (χ1v) is 5.26. The summed E-state index contributed by atoms with van der Waals surface area (Å²) in [5.41, 5.74) is 4.01. The number of hydrogen-bond donors (Lipinski definition) is 2. The van der Waals surface area contributed by atoms with E-state index in [1.165, 1.54) is 29.8 Å². The lowest BCUT2D eigenvalue weighted by atomic mass is 9.99. The van der Waals surface area contributed by atoms with Gasteiger partial charge < -0.3 is 5.32 Å². The fraction of sp³-hybridized carbons (Fsp3) is 0.545. The lowest BCUT2D eigenvalue weighted by Crippen LogP contribution is -2.09. The molecule has 2 aliphatic rings. The van der Waals surface area contributed by atoms with Crippen molar-refractivity contribution in [1.82, 2.24) is 15.5 Å². The number of aromatic nitrogens is 2. The van der Waals surface area contributed by atoms with Crippen LogP contribution in [0.15, 0.2) is 12.3 Å². The highest BCUT2D eigenvalue weighted by molar-refractivity contribution is 5.69. The minimum atomic E-state index is 0.763. The van der Waals surface area contributed by atoms with Crippen molar-refractivity contribution in [2.75, 3.05) is 13.1 Å². The Kier molecular flexibility index (Phi) is 1.74. The third-order valence-electron chi connectivity index (χ3n) is 3.47. The Hall–Kier alpha value is -1.09. The molecule has 2 N–H and O–H groups in total. The van der Waals surface area contributed by atoms with Crippen LogP contribution in [0, 0.1) is 18.8 Å². The van der Waals surface area contributed by atoms with Crippen molar-refractivity contribution in [2.45, 2.75) is 13.3 Å². The molecule has 0 amide bonds. The van der Waals surface area contributed by atoms with Crippen LogP contribution in [-0.2, 0) is 0 Å². The van der Waals surface area contributed by atoms with Crippen LogP contribution >= 0.6 is 0 Å². The zero-order valence-electron chi connectivity index (χ0n) is 8.38. The van der Waals surface area contributed by atoms with Gasteiger partial charge in [0.15, 0.2) is 0 Å². The maximum absolute atomic E-state index is 4.08. The normalized spacial score (nSPS) is 30.5. The van der Waals surface area contributed by atoms with Crippen LogP contribution in [0.5, 0.6) is 0 Å². The van der Waals surface area contributed by atoms with Crippen molar-refractivity contribution < 1.29 is 0 Å². The Morgan fingerprint density at radius 2 is 2.36 bits per heavy atom. The maximum Gasteiger partial charge on any atom is 0.0565 e. The minimum absolute atomic E-state index is 0.763. The number of hydrogen-bond acceptors (Lipinski definition) is 2. The molecule has 0 aromatic carbocycles. The molecule has 1 fully saturated rings. The van der Waals surface area contributed by atoms with Crippen molar-refractivity contribution >= 4 is 5.57 Å². The van der Waals surface area contributed by atoms with E-state index in [0.29, 0.717) is 0 Å². The Balaban J connectivity index is 1.91. The summed E-state index contributed by atoms with van der Waals surface area (Å²) in [4.78, 5) is 0. The molecule has 1 aliphatic carbocycles. The lowest BCUT2D eigenvalue weighted by molar-refractivity contribution is 0.536. The van der Waals surface area contributed by atoms with Gasteiger partial charge in [0.25, 0.3) is 0 Å². The van der Waals surface area contributed by atoms with Crippen LogP contribution in [-0.4, -0.2) is 23.3 Å². The van der Waals surface area contributed by atoms with E-state index >= 15 is 0 Å². The molecule has 2 heterocycles. The van der Waals surface area contributed by atoms with Gasteiger partial charge in [0.2, 0.25) is 0 Å². The molecule has 74 valence electrons. The van der Waals surface area contributed by atoms with E-state index in [1.54, 1.807) is 0 Å². The molecule has 2 unspecified atom stereocenters. The van der Waals surface area contributed by atoms with Gasteiger partial charge in [0, 0.05) is 17.8 Å². The van der Waals surface area contributed by atoms with Crippen molar-refractivity contribution in [3.63, 3.8) is 0 Å². The zero-order valence-corrected chi connectivity index (χ0v) is 8.38. The van der Waals surface area contributed by atoms with E-state index in [2.05, 4.69) is 28.5 Å². The summed E-state index contributed by atoms with van der Waals surface area (Å²) in [6, 6.07) is 0. The molecule has 0 radical (unpaired) electrons. The SMILES string of the molecule is Cc1[nH]ncc1C1=CC2CNCC2C1. The van der Waals surface area contributed by atoms with Crippen LogP contribution < -0.4 is 5.32 Å². The van der Waals surface area contributed by atoms with E-state index in [9.17, 15) is 0 Å².